The molecule has 1 aliphatic rings. The Labute approximate surface area is 120 Å². The Balaban J connectivity index is 1.60. The third-order valence-corrected chi connectivity index (χ3v) is 3.69. The molecule has 1 aromatic carbocycles. The molecule has 20 heavy (non-hydrogen) atoms. The third-order valence-electron chi connectivity index (χ3n) is 3.69. The Morgan fingerprint density at radius 1 is 1.35 bits per heavy atom. The molecule has 0 unspecified atom stereocenters. The number of urea groups is 1. The molecule has 4 heteroatoms. The van der Waals surface area contributed by atoms with Crippen molar-refractivity contribution >= 4 is 11.7 Å². The van der Waals surface area contributed by atoms with E-state index in [0.717, 1.165) is 56.2 Å². The van der Waals surface area contributed by atoms with Crippen LogP contribution in [0, 0.1) is 12.8 Å². The van der Waals surface area contributed by atoms with Crippen LogP contribution in [0.3, 0.4) is 0 Å². The molecule has 1 aliphatic heterocycles. The van der Waals surface area contributed by atoms with E-state index >= 15 is 0 Å². The molecule has 4 nitrogen and oxygen atoms in total. The maximum atomic E-state index is 11.7. The maximum Gasteiger partial charge on any atom is 0.319 e. The Morgan fingerprint density at radius 2 is 2.15 bits per heavy atom. The lowest BCUT2D eigenvalue weighted by atomic mass is 9.95. The summed E-state index contributed by atoms with van der Waals surface area (Å²) in [6.45, 7) is 4.53. The van der Waals surface area contributed by atoms with Gasteiger partial charge >= 0.3 is 6.03 Å². The summed E-state index contributed by atoms with van der Waals surface area (Å²) in [6, 6.07) is 7.69. The van der Waals surface area contributed by atoms with Gasteiger partial charge in [-0.2, -0.15) is 0 Å². The topological polar surface area (TPSA) is 50.4 Å². The number of nitrogens with one attached hydrogen (secondary N) is 2. The molecule has 1 saturated heterocycles. The summed E-state index contributed by atoms with van der Waals surface area (Å²) in [5.74, 6) is 0.769. The van der Waals surface area contributed by atoms with Gasteiger partial charge in [0, 0.05) is 25.4 Å². The van der Waals surface area contributed by atoms with Crippen LogP contribution < -0.4 is 10.6 Å². The van der Waals surface area contributed by atoms with E-state index in [4.69, 9.17) is 4.74 Å². The third kappa shape index (κ3) is 5.21. The quantitative estimate of drug-likeness (QED) is 0.810. The zero-order chi connectivity index (χ0) is 14.2. The summed E-state index contributed by atoms with van der Waals surface area (Å²) in [4.78, 5) is 11.7. The first kappa shape index (κ1) is 14.9. The molecule has 1 heterocycles. The first-order chi connectivity index (χ1) is 9.74. The molecule has 110 valence electrons. The van der Waals surface area contributed by atoms with Crippen molar-refractivity contribution in [2.45, 2.75) is 32.6 Å². The number of benzene rings is 1. The molecule has 0 atom stereocenters. The van der Waals surface area contributed by atoms with Crippen molar-refractivity contribution in [1.29, 1.82) is 0 Å². The number of rotatable bonds is 5. The van der Waals surface area contributed by atoms with Crippen molar-refractivity contribution in [3.63, 3.8) is 0 Å². The van der Waals surface area contributed by atoms with E-state index in [1.54, 1.807) is 0 Å². The van der Waals surface area contributed by atoms with Gasteiger partial charge < -0.3 is 15.4 Å². The van der Waals surface area contributed by atoms with E-state index < -0.39 is 0 Å². The van der Waals surface area contributed by atoms with Gasteiger partial charge in [-0.15, -0.1) is 0 Å². The molecule has 0 aliphatic carbocycles. The lowest BCUT2D eigenvalue weighted by Gasteiger charge is -2.21. The SMILES string of the molecule is Cc1cccc(NC(=O)NCCCC2CCOCC2)c1. The predicted octanol–water partition coefficient (Wildman–Crippen LogP) is 3.32. The average molecular weight is 276 g/mol. The minimum Gasteiger partial charge on any atom is -0.381 e. The van der Waals surface area contributed by atoms with Crippen LogP contribution in [-0.4, -0.2) is 25.8 Å². The van der Waals surface area contributed by atoms with Gasteiger partial charge in [-0.05, 0) is 56.2 Å². The largest absolute Gasteiger partial charge is 0.381 e. The van der Waals surface area contributed by atoms with Crippen LogP contribution in [0.15, 0.2) is 24.3 Å². The Kier molecular flexibility index (Phi) is 5.87. The van der Waals surface area contributed by atoms with Crippen LogP contribution in [-0.2, 0) is 4.74 Å². The molecule has 2 amide bonds. The average Bonchev–Trinajstić information content (AvgIpc) is 2.45. The van der Waals surface area contributed by atoms with Crippen molar-refractivity contribution in [3.8, 4) is 0 Å². The van der Waals surface area contributed by atoms with Crippen LogP contribution in [0.4, 0.5) is 10.5 Å². The highest BCUT2D eigenvalue weighted by Crippen LogP contribution is 2.19. The van der Waals surface area contributed by atoms with Crippen molar-refractivity contribution in [3.05, 3.63) is 29.8 Å². The molecule has 0 radical (unpaired) electrons. The number of hydrogen-bond donors (Lipinski definition) is 2. The number of anilines is 1. The van der Waals surface area contributed by atoms with Crippen LogP contribution in [0.25, 0.3) is 0 Å². The highest BCUT2D eigenvalue weighted by molar-refractivity contribution is 5.89. The summed E-state index contributed by atoms with van der Waals surface area (Å²) in [6.07, 6.45) is 4.53. The fourth-order valence-electron chi connectivity index (χ4n) is 2.53. The molecule has 1 aromatic rings. The minimum absolute atomic E-state index is 0.123. The van der Waals surface area contributed by atoms with E-state index in [1.807, 2.05) is 31.2 Å². The van der Waals surface area contributed by atoms with Gasteiger partial charge in [0.25, 0.3) is 0 Å². The first-order valence-electron chi connectivity index (χ1n) is 7.43. The fraction of sp³-hybridized carbons (Fsp3) is 0.562. The summed E-state index contributed by atoms with van der Waals surface area (Å²) in [5, 5.41) is 5.76. The number of hydrogen-bond acceptors (Lipinski definition) is 2. The van der Waals surface area contributed by atoms with Gasteiger partial charge in [-0.3, -0.25) is 0 Å². The lowest BCUT2D eigenvalue weighted by Crippen LogP contribution is -2.30. The molecule has 2 rings (SSSR count). The van der Waals surface area contributed by atoms with Crippen molar-refractivity contribution < 1.29 is 9.53 Å². The number of carbonyl (C=O) groups is 1. The predicted molar refractivity (Wildman–Crippen MR) is 81.0 cm³/mol. The molecule has 0 saturated carbocycles. The second-order valence-electron chi connectivity index (χ2n) is 5.45. The zero-order valence-corrected chi connectivity index (χ0v) is 12.2. The van der Waals surface area contributed by atoms with Crippen LogP contribution >= 0.6 is 0 Å². The summed E-state index contributed by atoms with van der Waals surface area (Å²) >= 11 is 0. The van der Waals surface area contributed by atoms with Crippen molar-refractivity contribution in [2.24, 2.45) is 5.92 Å². The van der Waals surface area contributed by atoms with Crippen molar-refractivity contribution in [1.82, 2.24) is 5.32 Å². The molecule has 2 N–H and O–H groups in total. The van der Waals surface area contributed by atoms with Crippen LogP contribution in [0.5, 0.6) is 0 Å². The molecule has 0 bridgehead atoms. The van der Waals surface area contributed by atoms with Gasteiger partial charge in [-0.1, -0.05) is 12.1 Å². The molecule has 0 spiro atoms. The molecule has 0 aromatic heterocycles. The normalized spacial score (nSPS) is 15.8. The molecule has 1 fully saturated rings. The van der Waals surface area contributed by atoms with Gasteiger partial charge in [0.2, 0.25) is 0 Å². The lowest BCUT2D eigenvalue weighted by molar-refractivity contribution is 0.0634. The Hall–Kier alpha value is -1.55. The molecular weight excluding hydrogens is 252 g/mol. The number of carbonyl (C=O) groups excluding carboxylic acids is 1. The number of aryl methyl sites for hydroxylation is 1. The highest BCUT2D eigenvalue weighted by atomic mass is 16.5. The van der Waals surface area contributed by atoms with E-state index in [9.17, 15) is 4.79 Å². The highest BCUT2D eigenvalue weighted by Gasteiger charge is 2.13. The summed E-state index contributed by atoms with van der Waals surface area (Å²) in [7, 11) is 0. The first-order valence-corrected chi connectivity index (χ1v) is 7.43. The van der Waals surface area contributed by atoms with E-state index in [0.29, 0.717) is 0 Å². The van der Waals surface area contributed by atoms with Crippen LogP contribution in [0.1, 0.15) is 31.2 Å². The Bertz CT molecular complexity index is 428. The standard InChI is InChI=1S/C16H24N2O2/c1-13-4-2-6-15(12-13)18-16(19)17-9-3-5-14-7-10-20-11-8-14/h2,4,6,12,14H,3,5,7-11H2,1H3,(H2,17,18,19). The smallest absolute Gasteiger partial charge is 0.319 e. The minimum atomic E-state index is -0.123. The zero-order valence-electron chi connectivity index (χ0n) is 12.2. The number of amides is 2. The van der Waals surface area contributed by atoms with E-state index in [1.165, 1.54) is 6.42 Å². The summed E-state index contributed by atoms with van der Waals surface area (Å²) in [5.41, 5.74) is 1.98. The van der Waals surface area contributed by atoms with E-state index in [2.05, 4.69) is 10.6 Å². The summed E-state index contributed by atoms with van der Waals surface area (Å²) < 4.78 is 5.34. The van der Waals surface area contributed by atoms with Gasteiger partial charge in [-0.25, -0.2) is 4.79 Å². The monoisotopic (exact) mass is 276 g/mol. The van der Waals surface area contributed by atoms with Gasteiger partial charge in [0.15, 0.2) is 0 Å². The maximum absolute atomic E-state index is 11.7. The van der Waals surface area contributed by atoms with Crippen LogP contribution in [0.2, 0.25) is 0 Å². The Morgan fingerprint density at radius 3 is 2.90 bits per heavy atom. The number of ether oxygens (including phenoxy) is 1. The van der Waals surface area contributed by atoms with Gasteiger partial charge in [0.05, 0.1) is 0 Å². The van der Waals surface area contributed by atoms with E-state index in [-0.39, 0.29) is 6.03 Å². The van der Waals surface area contributed by atoms with Gasteiger partial charge in [0.1, 0.15) is 0 Å². The van der Waals surface area contributed by atoms with Crippen molar-refractivity contribution in [2.75, 3.05) is 25.1 Å². The second-order valence-corrected chi connectivity index (χ2v) is 5.45. The molecular formula is C16H24N2O2. The second kappa shape index (κ2) is 7.90. The fourth-order valence-corrected chi connectivity index (χ4v) is 2.53.